The summed E-state index contributed by atoms with van der Waals surface area (Å²) in [6.45, 7) is 0.827. The summed E-state index contributed by atoms with van der Waals surface area (Å²) in [5, 5.41) is 11.9. The second kappa shape index (κ2) is 6.30. The van der Waals surface area contributed by atoms with Crippen molar-refractivity contribution in [1.82, 2.24) is 9.88 Å². The number of halogens is 3. The van der Waals surface area contributed by atoms with E-state index in [0.717, 1.165) is 18.3 Å². The van der Waals surface area contributed by atoms with E-state index in [1.54, 1.807) is 0 Å². The predicted octanol–water partition coefficient (Wildman–Crippen LogP) is 2.48. The van der Waals surface area contributed by atoms with Crippen LogP contribution in [0.1, 0.15) is 24.8 Å². The van der Waals surface area contributed by atoms with E-state index < -0.39 is 23.9 Å². The molecular weight excluding hydrogens is 287 g/mol. The van der Waals surface area contributed by atoms with Gasteiger partial charge < -0.3 is 10.0 Å². The van der Waals surface area contributed by atoms with E-state index >= 15 is 0 Å². The van der Waals surface area contributed by atoms with E-state index in [9.17, 15) is 23.1 Å². The van der Waals surface area contributed by atoms with Gasteiger partial charge in [-0.05, 0) is 31.4 Å². The summed E-state index contributed by atoms with van der Waals surface area (Å²) < 4.78 is 37.7. The number of pyridine rings is 1. The zero-order valence-corrected chi connectivity index (χ0v) is 11.2. The van der Waals surface area contributed by atoms with Gasteiger partial charge in [0.05, 0.1) is 11.7 Å². The molecule has 0 spiro atoms. The number of hydrogen-bond donors (Lipinski definition) is 2. The molecule has 1 aliphatic heterocycles. The Balaban J connectivity index is 2.02. The average molecular weight is 303 g/mol. The lowest BCUT2D eigenvalue weighted by Gasteiger charge is -2.20. The zero-order chi connectivity index (χ0) is 15.5. The molecule has 21 heavy (non-hydrogen) atoms. The minimum absolute atomic E-state index is 0.139. The number of nitrogens with zero attached hydrogens (tertiary/aromatic N) is 2. The van der Waals surface area contributed by atoms with Crippen LogP contribution in [0.2, 0.25) is 0 Å². The number of nitrogens with one attached hydrogen (secondary N) is 1. The van der Waals surface area contributed by atoms with Gasteiger partial charge in [-0.15, -0.1) is 0 Å². The van der Waals surface area contributed by atoms with Crippen molar-refractivity contribution in [2.45, 2.75) is 31.5 Å². The molecule has 1 unspecified atom stereocenters. The first-order valence-corrected chi connectivity index (χ1v) is 6.63. The van der Waals surface area contributed by atoms with Crippen molar-refractivity contribution in [1.29, 1.82) is 0 Å². The molecule has 8 heteroatoms. The third kappa shape index (κ3) is 4.32. The van der Waals surface area contributed by atoms with Crippen molar-refractivity contribution in [2.24, 2.45) is 0 Å². The maximum Gasteiger partial charge on any atom is 0.416 e. The third-order valence-electron chi connectivity index (χ3n) is 3.31. The van der Waals surface area contributed by atoms with Crippen LogP contribution < -0.4 is 5.32 Å². The second-order valence-corrected chi connectivity index (χ2v) is 4.93. The summed E-state index contributed by atoms with van der Waals surface area (Å²) in [7, 11) is 0. The quantitative estimate of drug-likeness (QED) is 0.837. The van der Waals surface area contributed by atoms with Crippen LogP contribution in [-0.2, 0) is 6.18 Å². The van der Waals surface area contributed by atoms with Crippen molar-refractivity contribution >= 4 is 11.8 Å². The molecule has 5 nitrogen and oxygen atoms in total. The van der Waals surface area contributed by atoms with Gasteiger partial charge >= 0.3 is 12.2 Å². The van der Waals surface area contributed by atoms with E-state index in [1.165, 1.54) is 4.90 Å². The number of urea groups is 1. The summed E-state index contributed by atoms with van der Waals surface area (Å²) in [6, 6.07) is 1.14. The molecule has 0 radical (unpaired) electrons. The Morgan fingerprint density at radius 1 is 1.38 bits per heavy atom. The van der Waals surface area contributed by atoms with Crippen molar-refractivity contribution in [3.63, 3.8) is 0 Å². The minimum Gasteiger partial charge on any atom is -0.393 e. The molecule has 1 aromatic rings. The first-order valence-electron chi connectivity index (χ1n) is 6.63. The Morgan fingerprint density at radius 3 is 2.86 bits per heavy atom. The molecule has 1 fully saturated rings. The topological polar surface area (TPSA) is 65.5 Å². The molecule has 1 saturated heterocycles. The Morgan fingerprint density at radius 2 is 2.14 bits per heavy atom. The van der Waals surface area contributed by atoms with Crippen LogP contribution in [0, 0.1) is 0 Å². The number of carbonyl (C=O) groups is 1. The average Bonchev–Trinajstić information content (AvgIpc) is 2.63. The van der Waals surface area contributed by atoms with Gasteiger partial charge in [-0.3, -0.25) is 5.32 Å². The minimum atomic E-state index is -4.48. The highest BCUT2D eigenvalue weighted by Gasteiger charge is 2.31. The molecule has 0 saturated carbocycles. The SMILES string of the molecule is O=C(Nc1cc(C(F)(F)F)ccn1)N1CCCC(O)CC1. The van der Waals surface area contributed by atoms with E-state index in [-0.39, 0.29) is 5.82 Å². The van der Waals surface area contributed by atoms with Crippen molar-refractivity contribution in [2.75, 3.05) is 18.4 Å². The Kier molecular flexibility index (Phi) is 4.66. The molecule has 2 rings (SSSR count). The highest BCUT2D eigenvalue weighted by Crippen LogP contribution is 2.29. The molecule has 116 valence electrons. The molecule has 0 aromatic carbocycles. The molecular formula is C13H16F3N3O2. The molecule has 2 amide bonds. The maximum absolute atomic E-state index is 12.6. The number of likely N-dealkylation sites (tertiary alicyclic amines) is 1. The van der Waals surface area contributed by atoms with Crippen molar-refractivity contribution in [3.8, 4) is 0 Å². The molecule has 1 aromatic heterocycles. The van der Waals surface area contributed by atoms with Crippen LogP contribution >= 0.6 is 0 Å². The van der Waals surface area contributed by atoms with Gasteiger partial charge in [0, 0.05) is 19.3 Å². The smallest absolute Gasteiger partial charge is 0.393 e. The zero-order valence-electron chi connectivity index (χ0n) is 11.2. The van der Waals surface area contributed by atoms with Crippen LogP contribution in [0.3, 0.4) is 0 Å². The Bertz CT molecular complexity index is 508. The summed E-state index contributed by atoms with van der Waals surface area (Å²) in [4.78, 5) is 17.2. The fourth-order valence-electron chi connectivity index (χ4n) is 2.15. The summed E-state index contributed by atoms with van der Waals surface area (Å²) >= 11 is 0. The number of hydrogen-bond acceptors (Lipinski definition) is 3. The molecule has 1 aliphatic rings. The van der Waals surface area contributed by atoms with Gasteiger partial charge in [0.1, 0.15) is 5.82 Å². The molecule has 2 heterocycles. The largest absolute Gasteiger partial charge is 0.416 e. The Hall–Kier alpha value is -1.83. The highest BCUT2D eigenvalue weighted by atomic mass is 19.4. The van der Waals surface area contributed by atoms with E-state index in [4.69, 9.17) is 0 Å². The molecule has 1 atom stereocenters. The summed E-state index contributed by atoms with van der Waals surface area (Å²) in [5.41, 5.74) is -0.862. The molecule has 0 aliphatic carbocycles. The van der Waals surface area contributed by atoms with Gasteiger partial charge in [0.25, 0.3) is 0 Å². The lowest BCUT2D eigenvalue weighted by atomic mass is 10.2. The molecule has 0 bridgehead atoms. The van der Waals surface area contributed by atoms with E-state index in [0.29, 0.717) is 32.4 Å². The molecule has 2 N–H and O–H groups in total. The number of carbonyl (C=O) groups excluding carboxylic acids is 1. The first kappa shape index (κ1) is 15.6. The van der Waals surface area contributed by atoms with Crippen LogP contribution in [0.25, 0.3) is 0 Å². The van der Waals surface area contributed by atoms with Gasteiger partial charge in [0.2, 0.25) is 0 Å². The number of aliphatic hydroxyl groups excluding tert-OH is 1. The van der Waals surface area contributed by atoms with E-state index in [2.05, 4.69) is 10.3 Å². The van der Waals surface area contributed by atoms with Gasteiger partial charge in [-0.25, -0.2) is 9.78 Å². The van der Waals surface area contributed by atoms with Crippen LogP contribution in [0.5, 0.6) is 0 Å². The number of aromatic nitrogens is 1. The number of alkyl halides is 3. The van der Waals surface area contributed by atoms with E-state index in [1.807, 2.05) is 0 Å². The summed E-state index contributed by atoms with van der Waals surface area (Å²) in [6.07, 6.45) is -2.17. The number of amides is 2. The van der Waals surface area contributed by atoms with Crippen LogP contribution in [-0.4, -0.2) is 40.2 Å². The third-order valence-corrected chi connectivity index (χ3v) is 3.31. The fourth-order valence-corrected chi connectivity index (χ4v) is 2.15. The van der Waals surface area contributed by atoms with Crippen LogP contribution in [0.15, 0.2) is 18.3 Å². The normalized spacial score (nSPS) is 20.0. The van der Waals surface area contributed by atoms with Gasteiger partial charge in [-0.2, -0.15) is 13.2 Å². The summed E-state index contributed by atoms with van der Waals surface area (Å²) in [5.74, 6) is -0.139. The lowest BCUT2D eigenvalue weighted by molar-refractivity contribution is -0.137. The number of rotatable bonds is 1. The van der Waals surface area contributed by atoms with Crippen molar-refractivity contribution in [3.05, 3.63) is 23.9 Å². The predicted molar refractivity (Wildman–Crippen MR) is 69.7 cm³/mol. The second-order valence-electron chi connectivity index (χ2n) is 4.93. The fraction of sp³-hybridized carbons (Fsp3) is 0.538. The van der Waals surface area contributed by atoms with Gasteiger partial charge in [-0.1, -0.05) is 0 Å². The number of aliphatic hydroxyl groups is 1. The maximum atomic E-state index is 12.6. The monoisotopic (exact) mass is 303 g/mol. The Labute approximate surface area is 119 Å². The van der Waals surface area contributed by atoms with Crippen LogP contribution in [0.4, 0.5) is 23.8 Å². The lowest BCUT2D eigenvalue weighted by Crippen LogP contribution is -2.36. The highest BCUT2D eigenvalue weighted by molar-refractivity contribution is 5.88. The van der Waals surface area contributed by atoms with Crippen molar-refractivity contribution < 1.29 is 23.1 Å². The van der Waals surface area contributed by atoms with Gasteiger partial charge in [0.15, 0.2) is 0 Å². The number of anilines is 1. The standard InChI is InChI=1S/C13H16F3N3O2/c14-13(15,16)9-3-5-17-11(8-9)18-12(21)19-6-1-2-10(20)4-7-19/h3,5,8,10,20H,1-2,4,6-7H2,(H,17,18,21). The first-order chi connectivity index (χ1) is 9.86.